The van der Waals surface area contributed by atoms with Gasteiger partial charge >= 0.3 is 12.0 Å². The van der Waals surface area contributed by atoms with E-state index in [9.17, 15) is 24.4 Å². The average molecular weight is 421 g/mol. The first-order valence-electron chi connectivity index (χ1n) is 10.3. The molecule has 0 radical (unpaired) electrons. The number of carbonyl (C=O) groups excluding carboxylic acids is 4. The van der Waals surface area contributed by atoms with Gasteiger partial charge in [-0.05, 0) is 43.4 Å². The van der Waals surface area contributed by atoms with Crippen LogP contribution in [0.2, 0.25) is 0 Å². The normalized spacial score (nSPS) is 27.4. The van der Waals surface area contributed by atoms with Gasteiger partial charge in [0.25, 0.3) is 11.8 Å². The maximum Gasteiger partial charge on any atom is 0.326 e. The van der Waals surface area contributed by atoms with Gasteiger partial charge in [-0.25, -0.2) is 4.79 Å². The summed E-state index contributed by atoms with van der Waals surface area (Å²) in [5.74, 6) is -1.81. The first-order chi connectivity index (χ1) is 13.7. The van der Waals surface area contributed by atoms with Crippen LogP contribution in [0.5, 0.6) is 0 Å². The van der Waals surface area contributed by atoms with Crippen LogP contribution in [0, 0.1) is 28.6 Å². The minimum absolute atomic E-state index is 0.112. The summed E-state index contributed by atoms with van der Waals surface area (Å²) in [5.41, 5.74) is -2.20. The van der Waals surface area contributed by atoms with Gasteiger partial charge in [0.2, 0.25) is 0 Å². The Morgan fingerprint density at radius 2 is 2.00 bits per heavy atom. The van der Waals surface area contributed by atoms with Gasteiger partial charge in [-0.2, -0.15) is 5.26 Å². The van der Waals surface area contributed by atoms with Gasteiger partial charge < -0.3 is 15.4 Å². The van der Waals surface area contributed by atoms with Crippen molar-refractivity contribution in [2.45, 2.75) is 71.9 Å². The maximum atomic E-state index is 13.0. The lowest BCUT2D eigenvalue weighted by molar-refractivity contribution is -0.151. The van der Waals surface area contributed by atoms with Crippen molar-refractivity contribution in [1.82, 2.24) is 15.5 Å². The standard InChI is InChI=1S/C21H32N4O5/c1-13(2)20(6,12-22)23-15(26)10-30-16(27)9-25-17(28)21(24-18(25)29)8-14(3)7-19(4,5)11-21/h13-14H,7-11H2,1-6H3,(H,23,26)(H,24,29)/t14-,20-,21+/m1/s1. The molecular weight excluding hydrogens is 388 g/mol. The van der Waals surface area contributed by atoms with Crippen molar-refractivity contribution < 1.29 is 23.9 Å². The van der Waals surface area contributed by atoms with Crippen LogP contribution in [-0.4, -0.2) is 52.9 Å². The second-order valence-corrected chi connectivity index (χ2v) is 9.94. The summed E-state index contributed by atoms with van der Waals surface area (Å²) in [5, 5.41) is 14.6. The fraction of sp³-hybridized carbons (Fsp3) is 0.762. The second kappa shape index (κ2) is 8.25. The van der Waals surface area contributed by atoms with Gasteiger partial charge in [-0.3, -0.25) is 19.3 Å². The van der Waals surface area contributed by atoms with Crippen LogP contribution in [0.15, 0.2) is 0 Å². The summed E-state index contributed by atoms with van der Waals surface area (Å²) in [6.45, 7) is 10.2. The molecule has 2 N–H and O–H groups in total. The Kier molecular flexibility index (Phi) is 6.50. The minimum atomic E-state index is -1.09. The number of ether oxygens (including phenoxy) is 1. The van der Waals surface area contributed by atoms with E-state index in [0.29, 0.717) is 12.8 Å². The maximum absolute atomic E-state index is 13.0. The van der Waals surface area contributed by atoms with Crippen LogP contribution in [0.3, 0.4) is 0 Å². The molecule has 3 atom stereocenters. The van der Waals surface area contributed by atoms with Crippen molar-refractivity contribution in [3.8, 4) is 6.07 Å². The van der Waals surface area contributed by atoms with E-state index in [1.807, 2.05) is 13.0 Å². The Morgan fingerprint density at radius 3 is 2.53 bits per heavy atom. The summed E-state index contributed by atoms with van der Waals surface area (Å²) < 4.78 is 4.94. The Morgan fingerprint density at radius 1 is 1.37 bits per heavy atom. The van der Waals surface area contributed by atoms with E-state index >= 15 is 0 Å². The lowest BCUT2D eigenvalue weighted by atomic mass is 9.64. The molecule has 1 aliphatic heterocycles. The third kappa shape index (κ3) is 4.91. The van der Waals surface area contributed by atoms with E-state index in [1.54, 1.807) is 20.8 Å². The second-order valence-electron chi connectivity index (χ2n) is 9.94. The van der Waals surface area contributed by atoms with Gasteiger partial charge in [0.05, 0.1) is 6.07 Å². The molecule has 0 aromatic rings. The molecule has 9 nitrogen and oxygen atoms in total. The number of carbonyl (C=O) groups is 4. The lowest BCUT2D eigenvalue weighted by Gasteiger charge is -2.43. The zero-order valence-corrected chi connectivity index (χ0v) is 18.6. The number of nitrogens with zero attached hydrogens (tertiary/aromatic N) is 2. The van der Waals surface area contributed by atoms with Crippen LogP contribution < -0.4 is 10.6 Å². The highest BCUT2D eigenvalue weighted by Gasteiger charge is 2.56. The van der Waals surface area contributed by atoms with Gasteiger partial charge in [0.1, 0.15) is 17.6 Å². The molecule has 30 heavy (non-hydrogen) atoms. The smallest absolute Gasteiger partial charge is 0.326 e. The molecule has 1 spiro atoms. The van der Waals surface area contributed by atoms with E-state index in [4.69, 9.17) is 4.74 Å². The third-order valence-corrected chi connectivity index (χ3v) is 6.06. The summed E-state index contributed by atoms with van der Waals surface area (Å²) in [6.07, 6.45) is 1.98. The first-order valence-corrected chi connectivity index (χ1v) is 10.3. The van der Waals surface area contributed by atoms with E-state index in [2.05, 4.69) is 24.5 Å². The summed E-state index contributed by atoms with van der Waals surface area (Å²) >= 11 is 0. The number of rotatable bonds is 6. The SMILES string of the molecule is CC(C)[C@@](C)(C#N)NC(=O)COC(=O)CN1C(=O)N[C@]2(C[C@H](C)CC(C)(C)C2)C1=O. The highest BCUT2D eigenvalue weighted by molar-refractivity contribution is 6.08. The zero-order chi connectivity index (χ0) is 22.9. The Bertz CT molecular complexity index is 787. The molecule has 1 saturated heterocycles. The molecule has 2 fully saturated rings. The van der Waals surface area contributed by atoms with Crippen molar-refractivity contribution in [1.29, 1.82) is 5.26 Å². The molecule has 2 rings (SSSR count). The third-order valence-electron chi connectivity index (χ3n) is 6.06. The van der Waals surface area contributed by atoms with Crippen molar-refractivity contribution in [3.63, 3.8) is 0 Å². The van der Waals surface area contributed by atoms with E-state index in [1.165, 1.54) is 0 Å². The van der Waals surface area contributed by atoms with Crippen LogP contribution in [0.1, 0.15) is 60.8 Å². The molecule has 1 saturated carbocycles. The molecule has 2 aliphatic rings. The quantitative estimate of drug-likeness (QED) is 0.497. The summed E-state index contributed by atoms with van der Waals surface area (Å²) in [6, 6.07) is 1.41. The van der Waals surface area contributed by atoms with E-state index < -0.39 is 48.0 Å². The summed E-state index contributed by atoms with van der Waals surface area (Å²) in [7, 11) is 0. The van der Waals surface area contributed by atoms with E-state index in [0.717, 1.165) is 11.3 Å². The largest absolute Gasteiger partial charge is 0.454 e. The van der Waals surface area contributed by atoms with E-state index in [-0.39, 0.29) is 17.3 Å². The topological polar surface area (TPSA) is 129 Å². The summed E-state index contributed by atoms with van der Waals surface area (Å²) in [4.78, 5) is 50.5. The monoisotopic (exact) mass is 420 g/mol. The molecule has 0 bridgehead atoms. The van der Waals surface area contributed by atoms with Crippen LogP contribution in [0.25, 0.3) is 0 Å². The fourth-order valence-corrected chi connectivity index (χ4v) is 4.60. The van der Waals surface area contributed by atoms with Crippen molar-refractivity contribution in [3.05, 3.63) is 0 Å². The number of esters is 1. The number of nitrogens with one attached hydrogen (secondary N) is 2. The highest BCUT2D eigenvalue weighted by atomic mass is 16.5. The zero-order valence-electron chi connectivity index (χ0n) is 18.6. The van der Waals surface area contributed by atoms with Crippen LogP contribution in [0.4, 0.5) is 4.79 Å². The molecule has 0 unspecified atom stereocenters. The molecule has 9 heteroatoms. The van der Waals surface area contributed by atoms with Gasteiger partial charge in [0, 0.05) is 0 Å². The Hall–Kier alpha value is -2.63. The molecule has 4 amide bonds. The average Bonchev–Trinajstić information content (AvgIpc) is 2.81. The number of hydrogen-bond donors (Lipinski definition) is 2. The number of hydrogen-bond acceptors (Lipinski definition) is 6. The predicted octanol–water partition coefficient (Wildman–Crippen LogP) is 1.72. The minimum Gasteiger partial charge on any atom is -0.454 e. The van der Waals surface area contributed by atoms with Gasteiger partial charge in [-0.15, -0.1) is 0 Å². The van der Waals surface area contributed by atoms with Crippen LogP contribution in [-0.2, 0) is 19.1 Å². The van der Waals surface area contributed by atoms with Crippen LogP contribution >= 0.6 is 0 Å². The Labute approximate surface area is 177 Å². The first kappa shape index (κ1) is 23.6. The number of imide groups is 1. The molecule has 0 aromatic heterocycles. The molecule has 0 aromatic carbocycles. The Balaban J connectivity index is 1.96. The predicted molar refractivity (Wildman–Crippen MR) is 108 cm³/mol. The van der Waals surface area contributed by atoms with Gasteiger partial charge in [0.15, 0.2) is 6.61 Å². The lowest BCUT2D eigenvalue weighted by Crippen LogP contribution is -2.54. The van der Waals surface area contributed by atoms with Crippen molar-refractivity contribution in [2.75, 3.05) is 13.2 Å². The molecule has 1 aliphatic carbocycles. The van der Waals surface area contributed by atoms with Gasteiger partial charge in [-0.1, -0.05) is 34.6 Å². The fourth-order valence-electron chi connectivity index (χ4n) is 4.60. The number of urea groups is 1. The molecule has 166 valence electrons. The van der Waals surface area contributed by atoms with Crippen molar-refractivity contribution >= 4 is 23.8 Å². The highest BCUT2D eigenvalue weighted by Crippen LogP contribution is 2.46. The molecular formula is C21H32N4O5. The molecule has 1 heterocycles. The number of nitriles is 1. The van der Waals surface area contributed by atoms with Crippen molar-refractivity contribution in [2.24, 2.45) is 17.3 Å². The number of amides is 4.